The quantitative estimate of drug-likeness (QED) is 0.844. The number of aromatic nitrogens is 1. The molecular formula is C13H13ClN2O. The van der Waals surface area contributed by atoms with Crippen LogP contribution in [0.15, 0.2) is 35.1 Å². The van der Waals surface area contributed by atoms with Crippen LogP contribution in [0.25, 0.3) is 5.69 Å². The minimum absolute atomic E-state index is 0.226. The number of benzene rings is 1. The molecule has 17 heavy (non-hydrogen) atoms. The fraction of sp³-hybridized carbons (Fsp3) is 0.154. The Bertz CT molecular complexity index is 632. The molecule has 1 aromatic heterocycles. The fourth-order valence-electron chi connectivity index (χ4n) is 1.84. The van der Waals surface area contributed by atoms with E-state index in [-0.39, 0.29) is 11.2 Å². The highest BCUT2D eigenvalue weighted by atomic mass is 35.5. The van der Waals surface area contributed by atoms with E-state index in [1.165, 1.54) is 4.57 Å². The molecule has 0 aliphatic carbocycles. The third-order valence-corrected chi connectivity index (χ3v) is 3.05. The van der Waals surface area contributed by atoms with Crippen molar-refractivity contribution >= 4 is 17.3 Å². The molecule has 1 heterocycles. The Balaban J connectivity index is 2.82. The van der Waals surface area contributed by atoms with Gasteiger partial charge in [0.1, 0.15) is 5.69 Å². The molecule has 1 aromatic carbocycles. The zero-order valence-electron chi connectivity index (χ0n) is 9.70. The fourth-order valence-corrected chi connectivity index (χ4v) is 2.06. The normalized spacial score (nSPS) is 10.5. The van der Waals surface area contributed by atoms with Crippen molar-refractivity contribution in [2.24, 2.45) is 0 Å². The van der Waals surface area contributed by atoms with E-state index in [4.69, 9.17) is 17.3 Å². The first-order valence-corrected chi connectivity index (χ1v) is 5.64. The van der Waals surface area contributed by atoms with Gasteiger partial charge in [-0.25, -0.2) is 0 Å². The van der Waals surface area contributed by atoms with Crippen LogP contribution in [0.3, 0.4) is 0 Å². The summed E-state index contributed by atoms with van der Waals surface area (Å²) >= 11 is 6.09. The summed E-state index contributed by atoms with van der Waals surface area (Å²) in [6.45, 7) is 3.68. The summed E-state index contributed by atoms with van der Waals surface area (Å²) in [5, 5.41) is 0.529. The van der Waals surface area contributed by atoms with E-state index < -0.39 is 0 Å². The molecule has 2 N–H and O–H groups in total. The van der Waals surface area contributed by atoms with Crippen LogP contribution in [0.5, 0.6) is 0 Å². The van der Waals surface area contributed by atoms with Gasteiger partial charge >= 0.3 is 0 Å². The van der Waals surface area contributed by atoms with E-state index in [9.17, 15) is 4.79 Å². The zero-order chi connectivity index (χ0) is 12.6. The number of hydrogen-bond acceptors (Lipinski definition) is 2. The van der Waals surface area contributed by atoms with Gasteiger partial charge < -0.3 is 5.73 Å². The molecule has 0 saturated carbocycles. The molecule has 0 bridgehead atoms. The van der Waals surface area contributed by atoms with Crippen LogP contribution in [-0.4, -0.2) is 4.57 Å². The van der Waals surface area contributed by atoms with E-state index in [2.05, 4.69) is 0 Å². The predicted molar refractivity (Wildman–Crippen MR) is 70.9 cm³/mol. The lowest BCUT2D eigenvalue weighted by molar-refractivity contribution is 0.932. The zero-order valence-corrected chi connectivity index (χ0v) is 10.5. The standard InChI is InChI=1S/C13H13ClN2O/c1-8-7-9(2)16(13(17)12(8)15)11-6-4-3-5-10(11)14/h3-7H,15H2,1-2H3. The minimum atomic E-state index is -0.226. The molecule has 0 atom stereocenters. The first kappa shape index (κ1) is 11.7. The van der Waals surface area contributed by atoms with Crippen LogP contribution in [0.2, 0.25) is 5.02 Å². The van der Waals surface area contributed by atoms with Gasteiger partial charge in [0.05, 0.1) is 10.7 Å². The highest BCUT2D eigenvalue weighted by Gasteiger charge is 2.11. The van der Waals surface area contributed by atoms with E-state index in [1.54, 1.807) is 12.1 Å². The number of nitrogen functional groups attached to an aromatic ring is 1. The van der Waals surface area contributed by atoms with Crippen molar-refractivity contribution in [1.29, 1.82) is 0 Å². The first-order valence-electron chi connectivity index (χ1n) is 5.26. The highest BCUT2D eigenvalue weighted by Crippen LogP contribution is 2.21. The summed E-state index contributed by atoms with van der Waals surface area (Å²) in [4.78, 5) is 12.1. The first-order chi connectivity index (χ1) is 8.02. The van der Waals surface area contributed by atoms with Gasteiger partial charge in [0.25, 0.3) is 5.56 Å². The number of pyridine rings is 1. The number of aryl methyl sites for hydroxylation is 2. The highest BCUT2D eigenvalue weighted by molar-refractivity contribution is 6.32. The summed E-state index contributed by atoms with van der Waals surface area (Å²) in [5.74, 6) is 0. The largest absolute Gasteiger partial charge is 0.394 e. The molecule has 0 spiro atoms. The third kappa shape index (κ3) is 1.94. The number of nitrogens with two attached hydrogens (primary N) is 1. The van der Waals surface area contributed by atoms with Crippen molar-refractivity contribution in [2.45, 2.75) is 13.8 Å². The van der Waals surface area contributed by atoms with Gasteiger partial charge in [-0.15, -0.1) is 0 Å². The molecule has 0 amide bonds. The summed E-state index contributed by atoms with van der Waals surface area (Å²) in [7, 11) is 0. The second-order valence-electron chi connectivity index (χ2n) is 3.97. The molecule has 88 valence electrons. The molecule has 0 aliphatic rings. The van der Waals surface area contributed by atoms with Gasteiger partial charge in [-0.2, -0.15) is 0 Å². The summed E-state index contributed by atoms with van der Waals surface area (Å²) in [6.07, 6.45) is 0. The number of para-hydroxylation sites is 1. The summed E-state index contributed by atoms with van der Waals surface area (Å²) in [5.41, 5.74) is 8.05. The summed E-state index contributed by atoms with van der Waals surface area (Å²) < 4.78 is 1.53. The molecular weight excluding hydrogens is 236 g/mol. The number of nitrogens with zero attached hydrogens (tertiary/aromatic N) is 1. The lowest BCUT2D eigenvalue weighted by Crippen LogP contribution is -2.24. The van der Waals surface area contributed by atoms with Crippen molar-refractivity contribution < 1.29 is 0 Å². The maximum atomic E-state index is 12.1. The van der Waals surface area contributed by atoms with Gasteiger partial charge in [0.15, 0.2) is 0 Å². The van der Waals surface area contributed by atoms with Gasteiger partial charge in [0.2, 0.25) is 0 Å². The van der Waals surface area contributed by atoms with Crippen LogP contribution >= 0.6 is 11.6 Å². The monoisotopic (exact) mass is 248 g/mol. The smallest absolute Gasteiger partial charge is 0.278 e. The second-order valence-corrected chi connectivity index (χ2v) is 4.38. The van der Waals surface area contributed by atoms with Crippen molar-refractivity contribution in [3.05, 3.63) is 57.0 Å². The van der Waals surface area contributed by atoms with Gasteiger partial charge in [0, 0.05) is 5.69 Å². The van der Waals surface area contributed by atoms with E-state index in [1.807, 2.05) is 32.0 Å². The molecule has 3 nitrogen and oxygen atoms in total. The number of halogens is 1. The Kier molecular flexibility index (Phi) is 2.94. The maximum absolute atomic E-state index is 12.1. The number of rotatable bonds is 1. The van der Waals surface area contributed by atoms with E-state index >= 15 is 0 Å². The third-order valence-electron chi connectivity index (χ3n) is 2.73. The minimum Gasteiger partial charge on any atom is -0.394 e. The molecule has 0 radical (unpaired) electrons. The molecule has 0 fully saturated rings. The van der Waals surface area contributed by atoms with Crippen LogP contribution < -0.4 is 11.3 Å². The van der Waals surface area contributed by atoms with Gasteiger partial charge in [-0.1, -0.05) is 23.7 Å². The van der Waals surface area contributed by atoms with E-state index in [0.29, 0.717) is 10.7 Å². The van der Waals surface area contributed by atoms with Crippen LogP contribution in [0.1, 0.15) is 11.3 Å². The van der Waals surface area contributed by atoms with E-state index in [0.717, 1.165) is 11.3 Å². The summed E-state index contributed by atoms with van der Waals surface area (Å²) in [6, 6.07) is 9.08. The van der Waals surface area contributed by atoms with Crippen molar-refractivity contribution in [3.63, 3.8) is 0 Å². The molecule has 2 aromatic rings. The average molecular weight is 249 g/mol. The predicted octanol–water partition coefficient (Wildman–Crippen LogP) is 2.69. The average Bonchev–Trinajstić information content (AvgIpc) is 2.29. The molecule has 0 unspecified atom stereocenters. The van der Waals surface area contributed by atoms with Crippen molar-refractivity contribution in [2.75, 3.05) is 5.73 Å². The Morgan fingerprint density at radius 3 is 2.53 bits per heavy atom. The topological polar surface area (TPSA) is 48.0 Å². The Morgan fingerprint density at radius 1 is 1.24 bits per heavy atom. The molecule has 0 saturated heterocycles. The van der Waals surface area contributed by atoms with Crippen molar-refractivity contribution in [3.8, 4) is 5.69 Å². The molecule has 4 heteroatoms. The number of hydrogen-bond donors (Lipinski definition) is 1. The maximum Gasteiger partial charge on any atom is 0.278 e. The van der Waals surface area contributed by atoms with Crippen LogP contribution in [0.4, 0.5) is 5.69 Å². The molecule has 2 rings (SSSR count). The van der Waals surface area contributed by atoms with Crippen molar-refractivity contribution in [1.82, 2.24) is 4.57 Å². The van der Waals surface area contributed by atoms with Crippen LogP contribution in [0, 0.1) is 13.8 Å². The molecule has 0 aliphatic heterocycles. The van der Waals surface area contributed by atoms with Crippen LogP contribution in [-0.2, 0) is 0 Å². The Hall–Kier alpha value is -1.74. The lowest BCUT2D eigenvalue weighted by atomic mass is 10.2. The van der Waals surface area contributed by atoms with Gasteiger partial charge in [-0.3, -0.25) is 9.36 Å². The lowest BCUT2D eigenvalue weighted by Gasteiger charge is -2.13. The SMILES string of the molecule is Cc1cc(C)n(-c2ccccc2Cl)c(=O)c1N. The Morgan fingerprint density at radius 2 is 1.88 bits per heavy atom. The number of anilines is 1. The van der Waals surface area contributed by atoms with Gasteiger partial charge in [-0.05, 0) is 37.6 Å². The Labute approximate surface area is 104 Å². The second kappa shape index (κ2) is 4.26.